The molecule has 14 N–H and O–H groups in total. The van der Waals surface area contributed by atoms with E-state index in [4.69, 9.17) is 146 Å². The zero-order chi connectivity index (χ0) is 89.1. The number of aliphatic hydroxyl groups excluding tert-OH is 2. The van der Waals surface area contributed by atoms with E-state index in [9.17, 15) is 10.2 Å². The van der Waals surface area contributed by atoms with Crippen LogP contribution in [0, 0.1) is 49.4 Å². The summed E-state index contributed by atoms with van der Waals surface area (Å²) in [5.74, 6) is 6.36. The molecule has 8 aliphatic rings. The van der Waals surface area contributed by atoms with E-state index in [2.05, 4.69) is 98.3 Å². The maximum absolute atomic E-state index is 10.3. The Morgan fingerprint density at radius 2 is 0.698 bits per heavy atom. The van der Waals surface area contributed by atoms with Gasteiger partial charge >= 0.3 is 0 Å². The number of aryl methyl sites for hydroxylation is 4. The smallest absolute Gasteiger partial charge is 0.172 e. The molecule has 8 aromatic heterocycles. The van der Waals surface area contributed by atoms with E-state index in [-0.39, 0.29) is 83.5 Å². The van der Waals surface area contributed by atoms with Crippen LogP contribution in [0.3, 0.4) is 0 Å². The molecule has 4 unspecified atom stereocenters. The molecular formula is C90H106Cl8N22O6. The van der Waals surface area contributed by atoms with Gasteiger partial charge in [0.25, 0.3) is 0 Å². The van der Waals surface area contributed by atoms with Gasteiger partial charge in [-0.25, -0.2) is 9.97 Å². The summed E-state index contributed by atoms with van der Waals surface area (Å²) in [4.78, 5) is 18.6. The number of nitrogens with two attached hydrogens (primary N) is 6. The molecule has 16 heterocycles. The molecule has 0 aliphatic carbocycles. The Balaban J connectivity index is 0.000000119. The van der Waals surface area contributed by atoms with Crippen molar-refractivity contribution >= 4 is 150 Å². The lowest BCUT2D eigenvalue weighted by molar-refractivity contribution is 0.0973. The van der Waals surface area contributed by atoms with Gasteiger partial charge in [-0.3, -0.25) is 8.80 Å². The molecule has 0 bridgehead atoms. The van der Waals surface area contributed by atoms with Crippen LogP contribution in [0.1, 0.15) is 113 Å². The zero-order valence-electron chi connectivity index (χ0n) is 71.6. The maximum atomic E-state index is 10.3. The Kier molecular flexibility index (Phi) is 25.5. The third kappa shape index (κ3) is 16.0. The zero-order valence-corrected chi connectivity index (χ0v) is 77.6. The molecule has 28 nitrogen and oxygen atoms in total. The molecule has 8 fully saturated rings. The number of nitrogen functional groups attached to an aromatic ring is 2. The number of hydrogen-bond acceptors (Lipinski definition) is 24. The van der Waals surface area contributed by atoms with Gasteiger partial charge in [0, 0.05) is 155 Å². The number of rotatable bonds is 10. The fourth-order valence-electron chi connectivity index (χ4n) is 20.5. The molecule has 8 aliphatic heterocycles. The number of pyridine rings is 4. The van der Waals surface area contributed by atoms with Gasteiger partial charge in [0.1, 0.15) is 47.4 Å². The Morgan fingerprint density at radius 3 is 1.06 bits per heavy atom. The number of halogens is 8. The molecule has 12 aromatic rings. The van der Waals surface area contributed by atoms with Crippen LogP contribution in [0.5, 0.6) is 0 Å². The van der Waals surface area contributed by atoms with Crippen LogP contribution in [0.4, 0.5) is 34.6 Å². The Bertz CT molecular complexity index is 6050. The van der Waals surface area contributed by atoms with Gasteiger partial charge in [0.05, 0.1) is 109 Å². The Hall–Kier alpha value is -7.92. The first-order valence-electron chi connectivity index (χ1n) is 42.9. The van der Waals surface area contributed by atoms with Crippen molar-refractivity contribution in [3.63, 3.8) is 0 Å². The second kappa shape index (κ2) is 35.7. The van der Waals surface area contributed by atoms with Gasteiger partial charge in [-0.15, -0.1) is 30.6 Å². The maximum Gasteiger partial charge on any atom is 0.172 e. The van der Waals surface area contributed by atoms with Gasteiger partial charge in [0.2, 0.25) is 0 Å². The van der Waals surface area contributed by atoms with E-state index in [1.54, 1.807) is 24.3 Å². The lowest BCUT2D eigenvalue weighted by Crippen LogP contribution is -2.51. The summed E-state index contributed by atoms with van der Waals surface area (Å²) in [6.07, 6.45) is 8.09. The topological polar surface area (TPSA) is 367 Å². The minimum Gasteiger partial charge on any atom is -0.398 e. The summed E-state index contributed by atoms with van der Waals surface area (Å²) in [7, 11) is 0. The second-order valence-corrected chi connectivity index (χ2v) is 38.5. The minimum atomic E-state index is -0.214. The average molecular weight is 1880 g/mol. The van der Waals surface area contributed by atoms with Crippen LogP contribution >= 0.6 is 92.8 Å². The SMILES string of the molecule is Cc1cc(N2CCC3(CC2)COC(C)[C@H]3N)n2c(CO)nnc2c1-c1cccc(Cl)c1Cl.Cc1nc2c(-c3cccc(Cl)c3Cl)c(CO)cc(N3CCC4(CC3)COC(C)[C@H]4N)n2n1.Cc1nc2c(-c3cccc(Cl)c3Cl)c(N)cc(N3CCC4(CC3)COC(C)[C@H]4N)n2n1.Cc1nnc2c(-c3cccc(Cl)c3Cl)c(N)cc(N3CCC4(CC3)COC(C)[C@H]4N)n12. The van der Waals surface area contributed by atoms with Crippen molar-refractivity contribution in [3.8, 4) is 44.5 Å². The average Bonchev–Trinajstić information content (AvgIpc) is 1.53. The number of benzene rings is 4. The van der Waals surface area contributed by atoms with Crippen LogP contribution in [0.15, 0.2) is 97.1 Å². The highest BCUT2D eigenvalue weighted by Gasteiger charge is 2.52. The van der Waals surface area contributed by atoms with Crippen molar-refractivity contribution < 1.29 is 29.2 Å². The molecule has 0 radical (unpaired) electrons. The monoisotopic (exact) mass is 1870 g/mol. The second-order valence-electron chi connectivity index (χ2n) is 35.4. The first kappa shape index (κ1) is 90.0. The van der Waals surface area contributed by atoms with E-state index in [0.717, 1.165) is 215 Å². The molecule has 20 rings (SSSR count). The van der Waals surface area contributed by atoms with Crippen LogP contribution in [-0.2, 0) is 32.2 Å². The van der Waals surface area contributed by atoms with Crippen molar-refractivity contribution in [2.45, 2.75) is 169 Å². The van der Waals surface area contributed by atoms with E-state index in [1.807, 2.05) is 108 Å². The summed E-state index contributed by atoms with van der Waals surface area (Å²) in [6, 6.07) is 30.4. The normalized spacial score (nSPS) is 23.0. The Labute approximate surface area is 771 Å². The number of fused-ring (bicyclic) bond motifs is 4. The van der Waals surface area contributed by atoms with E-state index in [1.165, 1.54) is 0 Å². The highest BCUT2D eigenvalue weighted by molar-refractivity contribution is 6.46. The van der Waals surface area contributed by atoms with Gasteiger partial charge < -0.3 is 83.2 Å². The van der Waals surface area contributed by atoms with Crippen molar-refractivity contribution in [2.75, 3.05) is 110 Å². The number of nitrogens with zero attached hydrogens (tertiary/aromatic N) is 16. The lowest BCUT2D eigenvalue weighted by atomic mass is 9.73. The van der Waals surface area contributed by atoms with E-state index >= 15 is 0 Å². The Morgan fingerprint density at radius 1 is 0.381 bits per heavy atom. The standard InChI is InChI=1S/2C23H27Cl2N5O2.2C22H26Cl2N6O/c1-13-21(26)23(12-32-13)6-8-29(9-7-23)18-10-15(11-31)19(22-27-14(2)28-30(18)22)16-4-3-5-17(24)20(16)25;1-13-10-18(29-8-6-23(7-9-29)12-32-14(2)21(23)26)30-17(11-31)27-28-22(30)19(13)15-4-3-5-16(24)20(15)25;1-12-20(26)22(11-31-12)6-8-29(9-7-22)17-10-16(25)18(21-28-27-13(2)30(17)21)14-4-3-5-15(23)19(14)24;1-12-20(26)22(11-31-12)6-8-29(9-7-22)17-10-16(25)18(21-27-13(2)28-30(17)21)14-4-3-5-15(23)19(14)24/h3-5,10,13,21,31H,6-9,11-12,26H2,1-2H3;3-5,10,14,21,31H,6-9,11-12,26H2,1-2H3;2*3-5,10,12,20H,6-9,11,25-26H2,1-2H3/t13?,21-;14?,21-;2*12?,20-/m1111/s1. The number of aromatic nitrogens is 12. The number of aliphatic hydroxyl groups is 2. The van der Waals surface area contributed by atoms with Crippen LogP contribution in [-0.4, -0.2) is 196 Å². The van der Waals surface area contributed by atoms with Gasteiger partial charge in [-0.2, -0.15) is 9.03 Å². The molecule has 8 atom stereocenters. The summed E-state index contributed by atoms with van der Waals surface area (Å²) < 4.78 is 31.2. The predicted molar refractivity (Wildman–Crippen MR) is 502 cm³/mol. The molecule has 0 saturated carbocycles. The molecule has 0 amide bonds. The third-order valence-corrected chi connectivity index (χ3v) is 31.5. The summed E-state index contributed by atoms with van der Waals surface area (Å²) in [5.41, 5.74) is 51.0. The van der Waals surface area contributed by atoms with Crippen molar-refractivity contribution in [2.24, 2.45) is 44.6 Å². The van der Waals surface area contributed by atoms with Crippen molar-refractivity contribution in [1.82, 2.24) is 58.4 Å². The highest BCUT2D eigenvalue weighted by atomic mass is 35.5. The van der Waals surface area contributed by atoms with Crippen LogP contribution in [0.25, 0.3) is 67.1 Å². The molecular weight excluding hydrogens is 1770 g/mol. The summed E-state index contributed by atoms with van der Waals surface area (Å²) in [6.45, 7) is 25.3. The predicted octanol–water partition coefficient (Wildman–Crippen LogP) is 15.5. The quantitative estimate of drug-likeness (QED) is 0.0630. The first-order chi connectivity index (χ1) is 60.3. The van der Waals surface area contributed by atoms with Crippen molar-refractivity contribution in [1.29, 1.82) is 0 Å². The third-order valence-electron chi connectivity index (χ3n) is 28.2. The van der Waals surface area contributed by atoms with Gasteiger partial charge in [0.15, 0.2) is 28.4 Å². The fourth-order valence-corrected chi connectivity index (χ4v) is 22.0. The van der Waals surface area contributed by atoms with Gasteiger partial charge in [-0.1, -0.05) is 141 Å². The number of ether oxygens (including phenoxy) is 4. The number of piperidine rings is 4. The lowest BCUT2D eigenvalue weighted by Gasteiger charge is -2.42. The molecule has 668 valence electrons. The molecule has 36 heteroatoms. The summed E-state index contributed by atoms with van der Waals surface area (Å²) in [5, 5.41) is 50.8. The molecule has 126 heavy (non-hydrogen) atoms. The number of hydrogen-bond donors (Lipinski definition) is 8. The minimum absolute atomic E-state index is 0.0291. The summed E-state index contributed by atoms with van der Waals surface area (Å²) >= 11 is 51.2. The molecule has 8 saturated heterocycles. The molecule has 4 spiro atoms. The fraction of sp³-hybridized carbons (Fsp3) is 0.467. The largest absolute Gasteiger partial charge is 0.398 e. The van der Waals surface area contributed by atoms with Crippen LogP contribution in [0.2, 0.25) is 40.2 Å². The number of anilines is 6. The first-order valence-corrected chi connectivity index (χ1v) is 45.9. The molecule has 4 aromatic carbocycles. The highest BCUT2D eigenvalue weighted by Crippen LogP contribution is 2.51. The van der Waals surface area contributed by atoms with E-state index in [0.29, 0.717) is 91.6 Å². The van der Waals surface area contributed by atoms with E-state index < -0.39 is 0 Å². The van der Waals surface area contributed by atoms with Crippen LogP contribution < -0.4 is 54.0 Å². The van der Waals surface area contributed by atoms with Gasteiger partial charge in [-0.05, 0) is 154 Å². The van der Waals surface area contributed by atoms with Crippen molar-refractivity contribution in [3.05, 3.63) is 172 Å².